The lowest BCUT2D eigenvalue weighted by atomic mass is 9.97. The maximum atomic E-state index is 12.2. The third-order valence-electron chi connectivity index (χ3n) is 4.78. The molecule has 4 nitrogen and oxygen atoms in total. The first kappa shape index (κ1) is 14.4. The summed E-state index contributed by atoms with van der Waals surface area (Å²) in [7, 11) is 1.98. The average molecular weight is 288 g/mol. The lowest BCUT2D eigenvalue weighted by molar-refractivity contribution is -0.120. The van der Waals surface area contributed by atoms with Crippen molar-refractivity contribution in [3.05, 3.63) is 23.3 Å². The van der Waals surface area contributed by atoms with Crippen LogP contribution in [0.3, 0.4) is 0 Å². The van der Waals surface area contributed by atoms with E-state index in [0.717, 1.165) is 43.5 Å². The number of carbonyl (C=O) groups excluding carboxylic acids is 1. The van der Waals surface area contributed by atoms with Crippen molar-refractivity contribution in [1.82, 2.24) is 5.32 Å². The molecule has 0 bridgehead atoms. The zero-order valence-electron chi connectivity index (χ0n) is 12.9. The molecule has 0 aromatic heterocycles. The molecule has 4 heteroatoms. The van der Waals surface area contributed by atoms with E-state index < -0.39 is 0 Å². The Kier molecular flexibility index (Phi) is 4.15. The molecule has 3 rings (SSSR count). The first-order valence-corrected chi connectivity index (χ1v) is 7.98. The summed E-state index contributed by atoms with van der Waals surface area (Å²) in [5, 5.41) is 6.39. The zero-order valence-corrected chi connectivity index (χ0v) is 12.9. The van der Waals surface area contributed by atoms with Gasteiger partial charge in [-0.2, -0.15) is 0 Å². The molecule has 0 aliphatic carbocycles. The lowest BCUT2D eigenvalue weighted by Crippen LogP contribution is -2.30. The minimum Gasteiger partial charge on any atom is -0.492 e. The Morgan fingerprint density at radius 3 is 2.86 bits per heavy atom. The fourth-order valence-electron chi connectivity index (χ4n) is 3.24. The van der Waals surface area contributed by atoms with E-state index in [4.69, 9.17) is 4.74 Å². The number of anilines is 1. The molecule has 0 spiro atoms. The normalized spacial score (nSPS) is 25.0. The fraction of sp³-hybridized carbons (Fsp3) is 0.588. The zero-order chi connectivity index (χ0) is 14.8. The van der Waals surface area contributed by atoms with Crippen LogP contribution in [0.15, 0.2) is 12.1 Å². The van der Waals surface area contributed by atoms with Gasteiger partial charge in [0.1, 0.15) is 12.4 Å². The molecule has 2 atom stereocenters. The van der Waals surface area contributed by atoms with Gasteiger partial charge in [0, 0.05) is 17.6 Å². The largest absolute Gasteiger partial charge is 0.492 e. The van der Waals surface area contributed by atoms with E-state index in [1.54, 1.807) is 0 Å². The third kappa shape index (κ3) is 2.91. The van der Waals surface area contributed by atoms with Crippen molar-refractivity contribution >= 4 is 11.6 Å². The van der Waals surface area contributed by atoms with Crippen molar-refractivity contribution in [1.29, 1.82) is 0 Å². The van der Waals surface area contributed by atoms with Crippen LogP contribution in [0, 0.1) is 5.92 Å². The number of hydrogen-bond acceptors (Lipinski definition) is 3. The molecule has 1 aromatic carbocycles. The van der Waals surface area contributed by atoms with Gasteiger partial charge in [-0.25, -0.2) is 0 Å². The molecule has 2 aliphatic heterocycles. The fourth-order valence-corrected chi connectivity index (χ4v) is 3.24. The SMILES string of the molecule is CCC1CCc2cc3c(cc2NC1=O)CCC(NC)CO3. The molecule has 1 aromatic rings. The van der Waals surface area contributed by atoms with E-state index in [1.807, 2.05) is 7.05 Å². The molecular weight excluding hydrogens is 264 g/mol. The number of amides is 1. The summed E-state index contributed by atoms with van der Waals surface area (Å²) < 4.78 is 5.96. The second-order valence-electron chi connectivity index (χ2n) is 6.09. The van der Waals surface area contributed by atoms with Crippen LogP contribution >= 0.6 is 0 Å². The number of likely N-dealkylation sites (N-methyl/N-ethyl adjacent to an activating group) is 1. The van der Waals surface area contributed by atoms with Crippen molar-refractivity contribution in [3.8, 4) is 5.75 Å². The summed E-state index contributed by atoms with van der Waals surface area (Å²) in [6.45, 7) is 2.79. The summed E-state index contributed by atoms with van der Waals surface area (Å²) >= 11 is 0. The summed E-state index contributed by atoms with van der Waals surface area (Å²) in [5.41, 5.74) is 3.41. The average Bonchev–Trinajstić information content (AvgIpc) is 2.77. The molecule has 2 heterocycles. The molecule has 2 aliphatic rings. The van der Waals surface area contributed by atoms with E-state index in [2.05, 4.69) is 29.7 Å². The molecule has 0 saturated carbocycles. The van der Waals surface area contributed by atoms with Crippen LogP contribution in [-0.4, -0.2) is 25.6 Å². The second kappa shape index (κ2) is 6.06. The molecule has 114 valence electrons. The van der Waals surface area contributed by atoms with Gasteiger partial charge >= 0.3 is 0 Å². The maximum absolute atomic E-state index is 12.2. The number of benzene rings is 1. The Balaban J connectivity index is 1.88. The monoisotopic (exact) mass is 288 g/mol. The summed E-state index contributed by atoms with van der Waals surface area (Å²) in [4.78, 5) is 12.2. The first-order chi connectivity index (χ1) is 10.2. The molecule has 2 N–H and O–H groups in total. The van der Waals surface area contributed by atoms with Crippen molar-refractivity contribution in [3.63, 3.8) is 0 Å². The first-order valence-electron chi connectivity index (χ1n) is 7.98. The Labute approximate surface area is 126 Å². The van der Waals surface area contributed by atoms with E-state index in [1.165, 1.54) is 11.1 Å². The van der Waals surface area contributed by atoms with Crippen LogP contribution in [0.1, 0.15) is 37.3 Å². The highest BCUT2D eigenvalue weighted by Crippen LogP contribution is 2.34. The number of fused-ring (bicyclic) bond motifs is 2. The molecule has 21 heavy (non-hydrogen) atoms. The Hall–Kier alpha value is -1.55. The summed E-state index contributed by atoms with van der Waals surface area (Å²) in [6, 6.07) is 4.66. The summed E-state index contributed by atoms with van der Waals surface area (Å²) in [6.07, 6.45) is 4.82. The number of aryl methyl sites for hydroxylation is 2. The maximum Gasteiger partial charge on any atom is 0.227 e. The van der Waals surface area contributed by atoms with Gasteiger partial charge in [-0.3, -0.25) is 4.79 Å². The van der Waals surface area contributed by atoms with E-state index in [9.17, 15) is 4.79 Å². The van der Waals surface area contributed by atoms with Gasteiger partial charge in [0.15, 0.2) is 0 Å². The molecule has 0 radical (unpaired) electrons. The van der Waals surface area contributed by atoms with Crippen LogP contribution in [0.4, 0.5) is 5.69 Å². The molecule has 0 fully saturated rings. The smallest absolute Gasteiger partial charge is 0.227 e. The van der Waals surface area contributed by atoms with Crippen molar-refractivity contribution < 1.29 is 9.53 Å². The van der Waals surface area contributed by atoms with Crippen LogP contribution < -0.4 is 15.4 Å². The lowest BCUT2D eigenvalue weighted by Gasteiger charge is -2.14. The number of rotatable bonds is 2. The number of nitrogens with one attached hydrogen (secondary N) is 2. The van der Waals surface area contributed by atoms with Crippen molar-refractivity contribution in [2.24, 2.45) is 5.92 Å². The van der Waals surface area contributed by atoms with Gasteiger partial charge < -0.3 is 15.4 Å². The minimum atomic E-state index is 0.131. The number of hydrogen-bond donors (Lipinski definition) is 2. The van der Waals surface area contributed by atoms with Gasteiger partial charge in [0.2, 0.25) is 5.91 Å². The van der Waals surface area contributed by atoms with Gasteiger partial charge in [-0.05, 0) is 62.4 Å². The van der Waals surface area contributed by atoms with Crippen LogP contribution in [0.25, 0.3) is 0 Å². The molecule has 2 unspecified atom stereocenters. The van der Waals surface area contributed by atoms with Crippen molar-refractivity contribution in [2.45, 2.75) is 45.1 Å². The quantitative estimate of drug-likeness (QED) is 0.879. The van der Waals surface area contributed by atoms with Gasteiger partial charge in [0.05, 0.1) is 0 Å². The topological polar surface area (TPSA) is 50.4 Å². The highest BCUT2D eigenvalue weighted by molar-refractivity contribution is 5.94. The van der Waals surface area contributed by atoms with Crippen LogP contribution in [0.5, 0.6) is 5.75 Å². The third-order valence-corrected chi connectivity index (χ3v) is 4.78. The number of carbonyl (C=O) groups is 1. The van der Waals surface area contributed by atoms with E-state index >= 15 is 0 Å². The predicted octanol–water partition coefficient (Wildman–Crippen LogP) is 2.51. The standard InChI is InChI=1S/C17H24N2O2/c1-3-11-4-5-12-9-16-13(8-15(12)19-17(11)20)6-7-14(18-2)10-21-16/h8-9,11,14,18H,3-7,10H2,1-2H3,(H,19,20). The molecule has 0 saturated heterocycles. The number of ether oxygens (including phenoxy) is 1. The molecule has 1 amide bonds. The van der Waals surface area contributed by atoms with Gasteiger partial charge in [-0.15, -0.1) is 0 Å². The highest BCUT2D eigenvalue weighted by atomic mass is 16.5. The Morgan fingerprint density at radius 1 is 1.29 bits per heavy atom. The highest BCUT2D eigenvalue weighted by Gasteiger charge is 2.24. The second-order valence-corrected chi connectivity index (χ2v) is 6.09. The van der Waals surface area contributed by atoms with E-state index in [-0.39, 0.29) is 11.8 Å². The van der Waals surface area contributed by atoms with Crippen molar-refractivity contribution in [2.75, 3.05) is 19.0 Å². The molecular formula is C17H24N2O2. The Morgan fingerprint density at radius 2 is 2.10 bits per heavy atom. The predicted molar refractivity (Wildman–Crippen MR) is 83.8 cm³/mol. The van der Waals surface area contributed by atoms with Crippen LogP contribution in [-0.2, 0) is 17.6 Å². The van der Waals surface area contributed by atoms with E-state index in [0.29, 0.717) is 12.6 Å². The summed E-state index contributed by atoms with van der Waals surface area (Å²) in [5.74, 6) is 1.29. The Bertz CT molecular complexity index is 542. The van der Waals surface area contributed by atoms with Gasteiger partial charge in [0.25, 0.3) is 0 Å². The van der Waals surface area contributed by atoms with Crippen LogP contribution in [0.2, 0.25) is 0 Å². The van der Waals surface area contributed by atoms with Gasteiger partial charge in [-0.1, -0.05) is 6.92 Å². The minimum absolute atomic E-state index is 0.131.